The third-order valence-corrected chi connectivity index (χ3v) is 5.73. The summed E-state index contributed by atoms with van der Waals surface area (Å²) >= 11 is 6.05. The lowest BCUT2D eigenvalue weighted by atomic mass is 10.1. The number of benzene rings is 2. The zero-order chi connectivity index (χ0) is 20.0. The van der Waals surface area contributed by atoms with Gasteiger partial charge in [-0.15, -0.1) is 0 Å². The van der Waals surface area contributed by atoms with Crippen LogP contribution in [0.25, 0.3) is 0 Å². The summed E-state index contributed by atoms with van der Waals surface area (Å²) in [4.78, 5) is 12.3. The van der Waals surface area contributed by atoms with Crippen molar-refractivity contribution >= 4 is 27.5 Å². The van der Waals surface area contributed by atoms with Gasteiger partial charge in [-0.2, -0.15) is 4.72 Å². The molecule has 27 heavy (non-hydrogen) atoms. The van der Waals surface area contributed by atoms with Gasteiger partial charge < -0.3 is 10.1 Å². The Kier molecular flexibility index (Phi) is 7.24. The molecule has 8 heteroatoms. The number of ether oxygens (including phenoxy) is 1. The molecule has 2 aromatic carbocycles. The number of nitrogens with one attached hydrogen (secondary N) is 2. The van der Waals surface area contributed by atoms with Crippen molar-refractivity contribution < 1.29 is 17.9 Å². The normalized spacial score (nSPS) is 13.6. The maximum Gasteiger partial charge on any atom is 0.241 e. The van der Waals surface area contributed by atoms with Crippen molar-refractivity contribution in [2.75, 3.05) is 6.61 Å². The van der Waals surface area contributed by atoms with E-state index < -0.39 is 22.0 Å². The van der Waals surface area contributed by atoms with Crippen molar-refractivity contribution in [3.63, 3.8) is 0 Å². The van der Waals surface area contributed by atoms with E-state index in [9.17, 15) is 13.2 Å². The summed E-state index contributed by atoms with van der Waals surface area (Å²) in [5.41, 5.74) is 0.930. The average molecular weight is 411 g/mol. The number of carbonyl (C=O) groups excluding carboxylic acids is 1. The number of halogens is 1. The molecule has 146 valence electrons. The number of hydrogen-bond donors (Lipinski definition) is 2. The Labute approximate surface area is 164 Å². The molecule has 1 amide bonds. The molecule has 0 aliphatic rings. The largest absolute Gasteiger partial charge is 0.492 e. The van der Waals surface area contributed by atoms with Gasteiger partial charge in [0.05, 0.1) is 28.6 Å². The third-order valence-electron chi connectivity index (χ3n) is 3.90. The summed E-state index contributed by atoms with van der Waals surface area (Å²) in [5.74, 6) is -0.0208. The molecule has 0 aromatic heterocycles. The smallest absolute Gasteiger partial charge is 0.241 e. The molecule has 0 aliphatic heterocycles. The van der Waals surface area contributed by atoms with Crippen LogP contribution in [0.2, 0.25) is 5.02 Å². The minimum absolute atomic E-state index is 0.0355. The van der Waals surface area contributed by atoms with Gasteiger partial charge in [0.2, 0.25) is 15.9 Å². The topological polar surface area (TPSA) is 84.5 Å². The maximum atomic E-state index is 12.5. The highest BCUT2D eigenvalue weighted by atomic mass is 35.5. The first kappa shape index (κ1) is 21.2. The maximum absolute atomic E-state index is 12.5. The van der Waals surface area contributed by atoms with Gasteiger partial charge in [-0.05, 0) is 44.5 Å². The van der Waals surface area contributed by atoms with Crippen LogP contribution in [0.3, 0.4) is 0 Å². The Morgan fingerprint density at radius 1 is 1.15 bits per heavy atom. The van der Waals surface area contributed by atoms with Crippen LogP contribution in [-0.2, 0) is 14.8 Å². The van der Waals surface area contributed by atoms with E-state index in [2.05, 4.69) is 10.0 Å². The second-order valence-electron chi connectivity index (χ2n) is 6.01. The van der Waals surface area contributed by atoms with Gasteiger partial charge in [0.15, 0.2) is 0 Å². The molecule has 2 aromatic rings. The second kappa shape index (κ2) is 9.21. The first-order valence-electron chi connectivity index (χ1n) is 8.54. The highest BCUT2D eigenvalue weighted by Crippen LogP contribution is 2.27. The lowest BCUT2D eigenvalue weighted by Gasteiger charge is -2.19. The van der Waals surface area contributed by atoms with Crippen molar-refractivity contribution in [3.8, 4) is 5.75 Å². The molecule has 0 saturated heterocycles. The Morgan fingerprint density at radius 3 is 2.41 bits per heavy atom. The van der Waals surface area contributed by atoms with Crippen molar-refractivity contribution in [1.82, 2.24) is 10.0 Å². The fourth-order valence-corrected chi connectivity index (χ4v) is 3.97. The Balaban J connectivity index is 2.05. The van der Waals surface area contributed by atoms with Crippen LogP contribution in [0.4, 0.5) is 0 Å². The fourth-order valence-electron chi connectivity index (χ4n) is 2.44. The molecule has 6 nitrogen and oxygen atoms in total. The molecular formula is C19H23ClN2O4S. The molecule has 0 radical (unpaired) electrons. The minimum atomic E-state index is -3.91. The fraction of sp³-hybridized carbons (Fsp3) is 0.316. The number of carbonyl (C=O) groups is 1. The lowest BCUT2D eigenvalue weighted by molar-refractivity contribution is -0.123. The van der Waals surface area contributed by atoms with E-state index >= 15 is 0 Å². The summed E-state index contributed by atoms with van der Waals surface area (Å²) in [7, 11) is -3.91. The van der Waals surface area contributed by atoms with E-state index in [-0.39, 0.29) is 16.0 Å². The van der Waals surface area contributed by atoms with Crippen LogP contribution in [0.1, 0.15) is 32.4 Å². The van der Waals surface area contributed by atoms with Gasteiger partial charge in [-0.3, -0.25) is 4.79 Å². The molecule has 0 bridgehead atoms. The first-order valence-corrected chi connectivity index (χ1v) is 10.4. The summed E-state index contributed by atoms with van der Waals surface area (Å²) in [6.07, 6.45) is 0. The van der Waals surface area contributed by atoms with Gasteiger partial charge in [0.1, 0.15) is 5.75 Å². The Hall–Kier alpha value is -2.09. The molecule has 2 N–H and O–H groups in total. The predicted molar refractivity (Wildman–Crippen MR) is 105 cm³/mol. The first-order chi connectivity index (χ1) is 12.7. The summed E-state index contributed by atoms with van der Waals surface area (Å²) in [5, 5.41) is 2.98. The molecule has 2 rings (SSSR count). The summed E-state index contributed by atoms with van der Waals surface area (Å²) in [6.45, 7) is 5.54. The molecule has 0 unspecified atom stereocenters. The second-order valence-corrected chi connectivity index (χ2v) is 8.13. The highest BCUT2D eigenvalue weighted by Gasteiger charge is 2.24. The zero-order valence-electron chi connectivity index (χ0n) is 15.4. The Morgan fingerprint density at radius 2 is 1.81 bits per heavy atom. The van der Waals surface area contributed by atoms with Crippen molar-refractivity contribution in [1.29, 1.82) is 0 Å². The summed E-state index contributed by atoms with van der Waals surface area (Å²) < 4.78 is 32.7. The van der Waals surface area contributed by atoms with Crippen LogP contribution < -0.4 is 14.8 Å². The number of amides is 1. The molecule has 0 saturated carbocycles. The third kappa shape index (κ3) is 5.69. The monoisotopic (exact) mass is 410 g/mol. The molecule has 0 heterocycles. The van der Waals surface area contributed by atoms with E-state index in [0.29, 0.717) is 12.4 Å². The highest BCUT2D eigenvalue weighted by molar-refractivity contribution is 7.89. The van der Waals surface area contributed by atoms with E-state index in [4.69, 9.17) is 16.3 Å². The van der Waals surface area contributed by atoms with E-state index in [0.717, 1.165) is 5.56 Å². The van der Waals surface area contributed by atoms with Gasteiger partial charge in [0.25, 0.3) is 0 Å². The molecule has 0 aliphatic carbocycles. The SMILES string of the molecule is CCOc1ccc(S(=O)(=O)N[C@@H](C)C(=O)N[C@@H](C)c2ccccc2)cc1Cl. The van der Waals surface area contributed by atoms with Crippen LogP contribution >= 0.6 is 11.6 Å². The van der Waals surface area contributed by atoms with Gasteiger partial charge in [-0.1, -0.05) is 41.9 Å². The van der Waals surface area contributed by atoms with E-state index in [1.165, 1.54) is 25.1 Å². The van der Waals surface area contributed by atoms with E-state index in [1.807, 2.05) is 37.3 Å². The number of rotatable bonds is 8. The predicted octanol–water partition coefficient (Wildman–Crippen LogP) is 3.28. The van der Waals surface area contributed by atoms with Gasteiger partial charge >= 0.3 is 0 Å². The van der Waals surface area contributed by atoms with Crippen LogP contribution in [0, 0.1) is 0 Å². The van der Waals surface area contributed by atoms with E-state index in [1.54, 1.807) is 6.92 Å². The average Bonchev–Trinajstić information content (AvgIpc) is 2.63. The summed E-state index contributed by atoms with van der Waals surface area (Å²) in [6, 6.07) is 12.4. The standard InChI is InChI=1S/C19H23ClN2O4S/c1-4-26-18-11-10-16(12-17(18)20)27(24,25)22-14(3)19(23)21-13(2)15-8-6-5-7-9-15/h5-14,22H,4H2,1-3H3,(H,21,23)/t13-,14-/m0/s1. The minimum Gasteiger partial charge on any atom is -0.492 e. The van der Waals surface area contributed by atoms with Gasteiger partial charge in [0, 0.05) is 0 Å². The molecule has 0 fully saturated rings. The van der Waals surface area contributed by atoms with Crippen molar-refractivity contribution in [2.24, 2.45) is 0 Å². The number of sulfonamides is 1. The van der Waals surface area contributed by atoms with Crippen LogP contribution in [0.5, 0.6) is 5.75 Å². The quantitative estimate of drug-likeness (QED) is 0.699. The molecular weight excluding hydrogens is 388 g/mol. The van der Waals surface area contributed by atoms with Crippen LogP contribution in [-0.4, -0.2) is 27.0 Å². The zero-order valence-corrected chi connectivity index (χ0v) is 17.0. The molecule has 2 atom stereocenters. The van der Waals surface area contributed by atoms with Crippen LogP contribution in [0.15, 0.2) is 53.4 Å². The van der Waals surface area contributed by atoms with Crippen molar-refractivity contribution in [2.45, 2.75) is 37.8 Å². The number of hydrogen-bond acceptors (Lipinski definition) is 4. The Bertz CT molecular complexity index is 888. The lowest BCUT2D eigenvalue weighted by Crippen LogP contribution is -2.45. The van der Waals surface area contributed by atoms with Gasteiger partial charge in [-0.25, -0.2) is 8.42 Å². The molecule has 0 spiro atoms. The van der Waals surface area contributed by atoms with Crippen molar-refractivity contribution in [3.05, 3.63) is 59.1 Å².